The van der Waals surface area contributed by atoms with Crippen molar-refractivity contribution >= 4 is 11.5 Å². The molecule has 0 bridgehead atoms. The molecule has 5 rings (SSSR count). The molecule has 0 atom stereocenters. The van der Waals surface area contributed by atoms with Crippen molar-refractivity contribution in [2.24, 2.45) is 0 Å². The normalized spacial score (nSPS) is 10.8. The fourth-order valence-corrected chi connectivity index (χ4v) is 3.61. The monoisotopic (exact) mass is 464 g/mol. The zero-order valence-corrected chi connectivity index (χ0v) is 19.4. The van der Waals surface area contributed by atoms with E-state index < -0.39 is 0 Å². The van der Waals surface area contributed by atoms with Crippen molar-refractivity contribution in [3.63, 3.8) is 0 Å². The van der Waals surface area contributed by atoms with Gasteiger partial charge in [0.1, 0.15) is 17.3 Å². The maximum Gasteiger partial charge on any atom is 0.174 e. The molecule has 5 aromatic rings. The van der Waals surface area contributed by atoms with Crippen molar-refractivity contribution in [1.29, 1.82) is 0 Å². The number of benzene rings is 1. The van der Waals surface area contributed by atoms with E-state index in [4.69, 9.17) is 9.72 Å². The third-order valence-corrected chi connectivity index (χ3v) is 5.52. The number of H-pyrrole nitrogens is 1. The minimum Gasteiger partial charge on any atom is -0.455 e. The summed E-state index contributed by atoms with van der Waals surface area (Å²) in [4.78, 5) is 13.6. The van der Waals surface area contributed by atoms with E-state index in [0.29, 0.717) is 35.3 Å². The molecule has 174 valence electrons. The topological polar surface area (TPSA) is 114 Å². The minimum absolute atomic E-state index is 0.646. The molecular formula is C26H24N8O. The molecule has 0 saturated heterocycles. The Morgan fingerprint density at radius 1 is 0.914 bits per heavy atom. The van der Waals surface area contributed by atoms with Crippen molar-refractivity contribution in [1.82, 2.24) is 35.6 Å². The molecule has 0 amide bonds. The van der Waals surface area contributed by atoms with Gasteiger partial charge in [0.2, 0.25) is 0 Å². The molecule has 0 saturated carbocycles. The molecule has 9 heteroatoms. The Hall–Kier alpha value is -4.66. The molecule has 0 fully saturated rings. The van der Waals surface area contributed by atoms with Crippen LogP contribution in [0.4, 0.5) is 11.5 Å². The van der Waals surface area contributed by atoms with E-state index in [9.17, 15) is 0 Å². The summed E-state index contributed by atoms with van der Waals surface area (Å²) in [6.07, 6.45) is 4.99. The average Bonchev–Trinajstić information content (AvgIpc) is 3.40. The molecule has 2 N–H and O–H groups in total. The van der Waals surface area contributed by atoms with Gasteiger partial charge in [-0.05, 0) is 67.8 Å². The molecule has 0 spiro atoms. The van der Waals surface area contributed by atoms with Crippen LogP contribution in [-0.4, -0.2) is 35.6 Å². The fourth-order valence-electron chi connectivity index (χ4n) is 3.61. The Balaban J connectivity index is 1.34. The lowest BCUT2D eigenvalue weighted by Crippen LogP contribution is -1.99. The van der Waals surface area contributed by atoms with Gasteiger partial charge in [0, 0.05) is 36.3 Å². The summed E-state index contributed by atoms with van der Waals surface area (Å²) in [6, 6.07) is 19.6. The highest BCUT2D eigenvalue weighted by Gasteiger charge is 2.13. The van der Waals surface area contributed by atoms with Gasteiger partial charge in [0.15, 0.2) is 11.6 Å². The number of aryl methyl sites for hydroxylation is 4. The van der Waals surface area contributed by atoms with E-state index in [-0.39, 0.29) is 0 Å². The van der Waals surface area contributed by atoms with E-state index in [1.165, 1.54) is 0 Å². The van der Waals surface area contributed by atoms with Crippen LogP contribution in [0.5, 0.6) is 11.5 Å². The number of ether oxygens (including phenoxy) is 1. The predicted molar refractivity (Wildman–Crippen MR) is 133 cm³/mol. The molecule has 1 aromatic carbocycles. The summed E-state index contributed by atoms with van der Waals surface area (Å²) in [5, 5.41) is 17.5. The molecular weight excluding hydrogens is 440 g/mol. The average molecular weight is 465 g/mol. The van der Waals surface area contributed by atoms with Crippen LogP contribution in [0, 0.1) is 13.8 Å². The number of aromatic nitrogens is 7. The van der Waals surface area contributed by atoms with E-state index in [1.807, 2.05) is 62.4 Å². The molecule has 0 aliphatic heterocycles. The second-order valence-electron chi connectivity index (χ2n) is 8.08. The molecule has 0 aliphatic carbocycles. The summed E-state index contributed by atoms with van der Waals surface area (Å²) < 4.78 is 6.28. The molecule has 9 nitrogen and oxygen atoms in total. The SMILES string of the molecule is Cc1cc(Oc2ccnc(Nc3cccc(CCc4nn[nH]n4)c3)c2)c(-c2ccccn2)nc1C. The first-order valence-corrected chi connectivity index (χ1v) is 11.3. The Labute approximate surface area is 202 Å². The summed E-state index contributed by atoms with van der Waals surface area (Å²) in [6.45, 7) is 4.00. The van der Waals surface area contributed by atoms with Crippen LogP contribution in [0.15, 0.2) is 73.1 Å². The van der Waals surface area contributed by atoms with Crippen LogP contribution in [0.2, 0.25) is 0 Å². The number of nitrogens with one attached hydrogen (secondary N) is 2. The van der Waals surface area contributed by atoms with E-state index >= 15 is 0 Å². The van der Waals surface area contributed by atoms with Crippen molar-refractivity contribution < 1.29 is 4.74 Å². The van der Waals surface area contributed by atoms with Crippen LogP contribution in [-0.2, 0) is 12.8 Å². The number of pyridine rings is 3. The summed E-state index contributed by atoms with van der Waals surface area (Å²) in [7, 11) is 0. The van der Waals surface area contributed by atoms with Crippen molar-refractivity contribution in [2.75, 3.05) is 5.32 Å². The fraction of sp³-hybridized carbons (Fsp3) is 0.154. The van der Waals surface area contributed by atoms with Gasteiger partial charge in [0.05, 0.1) is 5.69 Å². The van der Waals surface area contributed by atoms with Crippen LogP contribution in [0.3, 0.4) is 0 Å². The highest BCUT2D eigenvalue weighted by atomic mass is 16.5. The highest BCUT2D eigenvalue weighted by molar-refractivity contribution is 5.65. The summed E-state index contributed by atoms with van der Waals surface area (Å²) in [5.74, 6) is 2.67. The minimum atomic E-state index is 0.646. The van der Waals surface area contributed by atoms with Crippen LogP contribution >= 0.6 is 0 Å². The standard InChI is InChI=1S/C26H24N8O/c1-17-14-23(26(29-18(17)2)22-8-3-4-12-27-22)35-21-11-13-28-25(16-21)30-20-7-5-6-19(15-20)9-10-24-31-33-34-32-24/h3-8,11-16H,9-10H2,1-2H3,(H,28,30)(H,31,32,33,34). The number of hydrogen-bond donors (Lipinski definition) is 2. The molecule has 0 aliphatic rings. The zero-order valence-electron chi connectivity index (χ0n) is 19.4. The van der Waals surface area contributed by atoms with Crippen molar-refractivity contribution in [2.45, 2.75) is 26.7 Å². The highest BCUT2D eigenvalue weighted by Crippen LogP contribution is 2.33. The first-order valence-electron chi connectivity index (χ1n) is 11.3. The smallest absolute Gasteiger partial charge is 0.174 e. The van der Waals surface area contributed by atoms with Gasteiger partial charge in [0.25, 0.3) is 0 Å². The molecule has 0 unspecified atom stereocenters. The summed E-state index contributed by atoms with van der Waals surface area (Å²) >= 11 is 0. The van der Waals surface area contributed by atoms with Crippen molar-refractivity contribution in [3.05, 3.63) is 95.7 Å². The van der Waals surface area contributed by atoms with E-state index in [2.05, 4.69) is 48.0 Å². The van der Waals surface area contributed by atoms with Gasteiger partial charge in [-0.3, -0.25) is 4.98 Å². The predicted octanol–water partition coefficient (Wildman–Crippen LogP) is 4.99. The zero-order chi connectivity index (χ0) is 24.0. The maximum atomic E-state index is 6.28. The Morgan fingerprint density at radius 3 is 2.69 bits per heavy atom. The molecule has 35 heavy (non-hydrogen) atoms. The number of tetrazole rings is 1. The lowest BCUT2D eigenvalue weighted by molar-refractivity contribution is 0.481. The molecule has 4 heterocycles. The number of hydrogen-bond acceptors (Lipinski definition) is 8. The Morgan fingerprint density at radius 2 is 1.86 bits per heavy atom. The lowest BCUT2D eigenvalue weighted by atomic mass is 10.1. The largest absolute Gasteiger partial charge is 0.455 e. The van der Waals surface area contributed by atoms with Gasteiger partial charge in [-0.2, -0.15) is 5.21 Å². The molecule has 4 aromatic heterocycles. The number of anilines is 2. The van der Waals surface area contributed by atoms with Gasteiger partial charge in [-0.1, -0.05) is 23.4 Å². The Bertz CT molecular complexity index is 1420. The van der Waals surface area contributed by atoms with Gasteiger partial charge in [-0.25, -0.2) is 9.97 Å². The number of aromatic amines is 1. The van der Waals surface area contributed by atoms with Crippen LogP contribution < -0.4 is 10.1 Å². The third-order valence-electron chi connectivity index (χ3n) is 5.52. The van der Waals surface area contributed by atoms with Crippen molar-refractivity contribution in [3.8, 4) is 22.9 Å². The second kappa shape index (κ2) is 10.1. The van der Waals surface area contributed by atoms with E-state index in [0.717, 1.165) is 34.6 Å². The second-order valence-corrected chi connectivity index (χ2v) is 8.08. The van der Waals surface area contributed by atoms with Gasteiger partial charge < -0.3 is 10.1 Å². The number of nitrogens with zero attached hydrogens (tertiary/aromatic N) is 6. The third kappa shape index (κ3) is 5.47. The van der Waals surface area contributed by atoms with Gasteiger partial charge >= 0.3 is 0 Å². The summed E-state index contributed by atoms with van der Waals surface area (Å²) in [5.41, 5.74) is 5.54. The quantitative estimate of drug-likeness (QED) is 0.330. The Kier molecular flexibility index (Phi) is 6.38. The van der Waals surface area contributed by atoms with Gasteiger partial charge in [-0.15, -0.1) is 10.2 Å². The lowest BCUT2D eigenvalue weighted by Gasteiger charge is -2.14. The first-order chi connectivity index (χ1) is 17.1. The van der Waals surface area contributed by atoms with E-state index in [1.54, 1.807) is 12.4 Å². The molecule has 0 radical (unpaired) electrons. The first kappa shape index (κ1) is 22.1. The van der Waals surface area contributed by atoms with Crippen LogP contribution in [0.25, 0.3) is 11.4 Å². The number of rotatable bonds is 8. The maximum absolute atomic E-state index is 6.28. The van der Waals surface area contributed by atoms with Crippen LogP contribution in [0.1, 0.15) is 22.6 Å².